The minimum Gasteiger partial charge on any atom is -0.476 e. The number of hydrogen-bond acceptors (Lipinski definition) is 4. The van der Waals surface area contributed by atoms with Crippen molar-refractivity contribution >= 4 is 21.6 Å². The second kappa shape index (κ2) is 6.76. The lowest BCUT2D eigenvalue weighted by Crippen LogP contribution is -2.50. The Morgan fingerprint density at radius 2 is 1.88 bits per heavy atom. The van der Waals surface area contributed by atoms with Gasteiger partial charge < -0.3 is 10.1 Å². The predicted molar refractivity (Wildman–Crippen MR) is 96.1 cm³/mol. The van der Waals surface area contributed by atoms with Gasteiger partial charge in [0.2, 0.25) is 10.0 Å². The molecule has 6 nitrogen and oxygen atoms in total. The van der Waals surface area contributed by atoms with Crippen molar-refractivity contribution in [1.82, 2.24) is 5.32 Å². The molecule has 3 rings (SSSR count). The number of fused-ring (bicyclic) bond motifs is 1. The Labute approximate surface area is 147 Å². The summed E-state index contributed by atoms with van der Waals surface area (Å²) < 4.78 is 31.1. The molecule has 2 aromatic carbocycles. The van der Waals surface area contributed by atoms with Crippen LogP contribution in [0.5, 0.6) is 5.75 Å². The highest BCUT2D eigenvalue weighted by Gasteiger charge is 2.34. The molecule has 0 radical (unpaired) electrons. The fourth-order valence-electron chi connectivity index (χ4n) is 2.76. The number of para-hydroxylation sites is 2. The quantitative estimate of drug-likeness (QED) is 0.903. The largest absolute Gasteiger partial charge is 0.476 e. The molecule has 0 aliphatic carbocycles. The summed E-state index contributed by atoms with van der Waals surface area (Å²) in [6.07, 6.45) is 0.228. The Bertz CT molecular complexity index is 895. The van der Waals surface area contributed by atoms with Crippen LogP contribution in [0.25, 0.3) is 0 Å². The Kier molecular flexibility index (Phi) is 4.67. The number of amides is 1. The zero-order valence-corrected chi connectivity index (χ0v) is 14.9. The molecule has 0 aromatic heterocycles. The van der Waals surface area contributed by atoms with Gasteiger partial charge in [-0.2, -0.15) is 0 Å². The van der Waals surface area contributed by atoms with E-state index in [2.05, 4.69) is 5.32 Å². The number of rotatable bonds is 4. The first kappa shape index (κ1) is 17.3. The standard InChI is InChI=1S/C18H20N2O4S/c1-13-7-3-4-8-14(13)11-19-18(21)17-12-20(25(2,22)23)15-9-5-6-10-16(15)24-17/h3-10,17H,11-12H2,1-2H3,(H,19,21). The SMILES string of the molecule is Cc1ccccc1CNC(=O)C1CN(S(C)(=O)=O)c2ccccc2O1. The van der Waals surface area contributed by atoms with Crippen LogP contribution in [0.15, 0.2) is 48.5 Å². The van der Waals surface area contributed by atoms with Gasteiger partial charge in [-0.1, -0.05) is 36.4 Å². The van der Waals surface area contributed by atoms with Crippen LogP contribution >= 0.6 is 0 Å². The van der Waals surface area contributed by atoms with Gasteiger partial charge in [0.05, 0.1) is 18.5 Å². The average Bonchev–Trinajstić information content (AvgIpc) is 2.59. The maximum absolute atomic E-state index is 12.5. The van der Waals surface area contributed by atoms with Gasteiger partial charge in [0.15, 0.2) is 6.10 Å². The Morgan fingerprint density at radius 3 is 2.60 bits per heavy atom. The van der Waals surface area contributed by atoms with Crippen molar-refractivity contribution in [2.24, 2.45) is 0 Å². The van der Waals surface area contributed by atoms with Crippen molar-refractivity contribution in [3.05, 3.63) is 59.7 Å². The molecule has 1 aliphatic rings. The van der Waals surface area contributed by atoms with Crippen molar-refractivity contribution < 1.29 is 17.9 Å². The summed E-state index contributed by atoms with van der Waals surface area (Å²) in [6.45, 7) is 2.29. The number of hydrogen-bond donors (Lipinski definition) is 1. The van der Waals surface area contributed by atoms with Gasteiger partial charge in [-0.05, 0) is 30.2 Å². The zero-order valence-electron chi connectivity index (χ0n) is 14.1. The van der Waals surface area contributed by atoms with Crippen LogP contribution in [0.2, 0.25) is 0 Å². The number of ether oxygens (including phenoxy) is 1. The van der Waals surface area contributed by atoms with Crippen LogP contribution in [0.1, 0.15) is 11.1 Å². The molecule has 0 spiro atoms. The number of aryl methyl sites for hydroxylation is 1. The number of nitrogens with one attached hydrogen (secondary N) is 1. The van der Waals surface area contributed by atoms with Crippen LogP contribution in [-0.2, 0) is 21.4 Å². The van der Waals surface area contributed by atoms with Crippen LogP contribution < -0.4 is 14.4 Å². The summed E-state index contributed by atoms with van der Waals surface area (Å²) in [5.74, 6) is 0.0432. The number of anilines is 1. The van der Waals surface area contributed by atoms with Crippen molar-refractivity contribution in [1.29, 1.82) is 0 Å². The van der Waals surface area contributed by atoms with Gasteiger partial charge in [0.25, 0.3) is 5.91 Å². The summed E-state index contributed by atoms with van der Waals surface area (Å²) in [5, 5.41) is 2.83. The molecule has 1 atom stereocenters. The topological polar surface area (TPSA) is 75.7 Å². The minimum absolute atomic E-state index is 0.0462. The van der Waals surface area contributed by atoms with Gasteiger partial charge in [-0.25, -0.2) is 8.42 Å². The van der Waals surface area contributed by atoms with E-state index in [1.54, 1.807) is 24.3 Å². The van der Waals surface area contributed by atoms with Crippen molar-refractivity contribution in [3.8, 4) is 5.75 Å². The fraction of sp³-hybridized carbons (Fsp3) is 0.278. The number of carbonyl (C=O) groups is 1. The molecular formula is C18H20N2O4S. The molecule has 1 heterocycles. The molecule has 1 amide bonds. The molecule has 0 saturated heterocycles. The molecule has 1 N–H and O–H groups in total. The monoisotopic (exact) mass is 360 g/mol. The smallest absolute Gasteiger partial charge is 0.263 e. The number of sulfonamides is 1. The van der Waals surface area contributed by atoms with Gasteiger partial charge >= 0.3 is 0 Å². The molecule has 1 aliphatic heterocycles. The number of carbonyl (C=O) groups excluding carboxylic acids is 1. The number of benzene rings is 2. The van der Waals surface area contributed by atoms with E-state index >= 15 is 0 Å². The fourth-order valence-corrected chi connectivity index (χ4v) is 3.67. The molecule has 7 heteroatoms. The summed E-state index contributed by atoms with van der Waals surface area (Å²) in [6, 6.07) is 14.6. The van der Waals surface area contributed by atoms with Crippen molar-refractivity contribution in [3.63, 3.8) is 0 Å². The first-order valence-electron chi connectivity index (χ1n) is 7.92. The maximum atomic E-state index is 12.5. The van der Waals surface area contributed by atoms with Crippen LogP contribution in [0.3, 0.4) is 0 Å². The van der Waals surface area contributed by atoms with Crippen LogP contribution in [0, 0.1) is 6.92 Å². The predicted octanol–water partition coefficient (Wildman–Crippen LogP) is 1.84. The highest BCUT2D eigenvalue weighted by Crippen LogP contribution is 2.34. The first-order valence-corrected chi connectivity index (χ1v) is 9.76. The zero-order chi connectivity index (χ0) is 18.0. The van der Waals surface area contributed by atoms with E-state index < -0.39 is 16.1 Å². The molecule has 132 valence electrons. The van der Waals surface area contributed by atoms with E-state index in [9.17, 15) is 13.2 Å². The summed E-state index contributed by atoms with van der Waals surface area (Å²) >= 11 is 0. The van der Waals surface area contributed by atoms with Gasteiger partial charge in [-0.3, -0.25) is 9.10 Å². The van der Waals surface area contributed by atoms with Crippen LogP contribution in [0.4, 0.5) is 5.69 Å². The van der Waals surface area contributed by atoms with Gasteiger partial charge in [0, 0.05) is 6.54 Å². The first-order chi connectivity index (χ1) is 11.9. The highest BCUT2D eigenvalue weighted by molar-refractivity contribution is 7.92. The summed E-state index contributed by atoms with van der Waals surface area (Å²) in [7, 11) is -3.51. The maximum Gasteiger partial charge on any atom is 0.263 e. The molecule has 0 bridgehead atoms. The van der Waals surface area contributed by atoms with E-state index in [-0.39, 0.29) is 12.5 Å². The van der Waals surface area contributed by atoms with Gasteiger partial charge in [-0.15, -0.1) is 0 Å². The Balaban J connectivity index is 1.77. The Hall–Kier alpha value is -2.54. The second-order valence-corrected chi connectivity index (χ2v) is 7.92. The molecule has 1 unspecified atom stereocenters. The van der Waals surface area contributed by atoms with Crippen LogP contribution in [-0.4, -0.2) is 33.2 Å². The molecule has 0 fully saturated rings. The van der Waals surface area contributed by atoms with E-state index in [4.69, 9.17) is 4.74 Å². The van der Waals surface area contributed by atoms with E-state index in [1.165, 1.54) is 4.31 Å². The third-order valence-corrected chi connectivity index (χ3v) is 5.29. The lowest BCUT2D eigenvalue weighted by Gasteiger charge is -2.33. The number of nitrogens with zero attached hydrogens (tertiary/aromatic N) is 1. The molecular weight excluding hydrogens is 340 g/mol. The van der Waals surface area contributed by atoms with E-state index in [0.717, 1.165) is 17.4 Å². The molecule has 2 aromatic rings. The lowest BCUT2D eigenvalue weighted by molar-refractivity contribution is -0.127. The average molecular weight is 360 g/mol. The summed E-state index contributed by atoms with van der Waals surface area (Å²) in [4.78, 5) is 12.5. The second-order valence-electron chi connectivity index (χ2n) is 6.01. The normalized spacial score (nSPS) is 16.7. The Morgan fingerprint density at radius 1 is 1.20 bits per heavy atom. The third kappa shape index (κ3) is 3.76. The molecule has 0 saturated carbocycles. The van der Waals surface area contributed by atoms with E-state index in [0.29, 0.717) is 18.0 Å². The third-order valence-electron chi connectivity index (χ3n) is 4.14. The molecule has 25 heavy (non-hydrogen) atoms. The van der Waals surface area contributed by atoms with Crippen molar-refractivity contribution in [2.45, 2.75) is 19.6 Å². The highest BCUT2D eigenvalue weighted by atomic mass is 32.2. The minimum atomic E-state index is -3.51. The summed E-state index contributed by atoms with van der Waals surface area (Å²) in [5.41, 5.74) is 2.54. The van der Waals surface area contributed by atoms with Gasteiger partial charge in [0.1, 0.15) is 5.75 Å². The van der Waals surface area contributed by atoms with E-state index in [1.807, 2.05) is 31.2 Å². The lowest BCUT2D eigenvalue weighted by atomic mass is 10.1. The van der Waals surface area contributed by atoms with Crippen molar-refractivity contribution in [2.75, 3.05) is 17.1 Å².